The number of carbonyl (C=O) groups is 1. The Hall–Kier alpha value is -3.03. The van der Waals surface area contributed by atoms with Gasteiger partial charge in [0.2, 0.25) is 0 Å². The predicted octanol–water partition coefficient (Wildman–Crippen LogP) is 3.28. The molecular formula is C15H12F2N2O4. The molecule has 1 unspecified atom stereocenters. The number of amides is 1. The van der Waals surface area contributed by atoms with E-state index in [9.17, 15) is 23.7 Å². The topological polar surface area (TPSA) is 81.5 Å². The second-order valence-electron chi connectivity index (χ2n) is 4.62. The van der Waals surface area contributed by atoms with E-state index in [2.05, 4.69) is 5.32 Å². The molecule has 1 atom stereocenters. The first-order valence-electron chi connectivity index (χ1n) is 6.54. The van der Waals surface area contributed by atoms with Gasteiger partial charge in [0.1, 0.15) is 17.4 Å². The van der Waals surface area contributed by atoms with Crippen molar-refractivity contribution >= 4 is 17.3 Å². The van der Waals surface area contributed by atoms with Gasteiger partial charge in [0.15, 0.2) is 6.10 Å². The van der Waals surface area contributed by atoms with Crippen LogP contribution in [0.15, 0.2) is 42.5 Å². The molecule has 0 bridgehead atoms. The number of hydrogen-bond donors (Lipinski definition) is 1. The van der Waals surface area contributed by atoms with Crippen molar-refractivity contribution in [3.8, 4) is 5.75 Å². The molecule has 6 nitrogen and oxygen atoms in total. The van der Waals surface area contributed by atoms with E-state index >= 15 is 0 Å². The van der Waals surface area contributed by atoms with Crippen LogP contribution in [0.2, 0.25) is 0 Å². The minimum Gasteiger partial charge on any atom is -0.481 e. The highest BCUT2D eigenvalue weighted by atomic mass is 19.1. The van der Waals surface area contributed by atoms with Crippen molar-refractivity contribution in [1.82, 2.24) is 0 Å². The van der Waals surface area contributed by atoms with E-state index in [-0.39, 0.29) is 17.1 Å². The SMILES string of the molecule is CC(Oc1ccc([N+](=O)[O-])cc1)C(=O)Nc1ccc(F)cc1F. The first-order chi connectivity index (χ1) is 10.9. The Morgan fingerprint density at radius 3 is 2.43 bits per heavy atom. The molecule has 0 heterocycles. The highest BCUT2D eigenvalue weighted by molar-refractivity contribution is 5.94. The number of rotatable bonds is 5. The molecule has 0 aliphatic carbocycles. The van der Waals surface area contributed by atoms with Gasteiger partial charge < -0.3 is 10.1 Å². The second kappa shape index (κ2) is 6.82. The van der Waals surface area contributed by atoms with E-state index < -0.39 is 28.6 Å². The lowest BCUT2D eigenvalue weighted by Gasteiger charge is -2.15. The average Bonchev–Trinajstić information content (AvgIpc) is 2.50. The summed E-state index contributed by atoms with van der Waals surface area (Å²) >= 11 is 0. The molecule has 0 aliphatic heterocycles. The molecule has 23 heavy (non-hydrogen) atoms. The maximum Gasteiger partial charge on any atom is 0.269 e. The van der Waals surface area contributed by atoms with E-state index in [1.54, 1.807) is 0 Å². The number of benzene rings is 2. The van der Waals surface area contributed by atoms with Crippen molar-refractivity contribution in [2.24, 2.45) is 0 Å². The summed E-state index contributed by atoms with van der Waals surface area (Å²) in [6.07, 6.45) is -0.985. The van der Waals surface area contributed by atoms with Crippen LogP contribution in [-0.2, 0) is 4.79 Å². The molecule has 2 aromatic carbocycles. The number of carbonyl (C=O) groups excluding carboxylic acids is 1. The molecule has 0 spiro atoms. The van der Waals surface area contributed by atoms with Gasteiger partial charge in [0, 0.05) is 18.2 Å². The number of non-ortho nitro benzene ring substituents is 1. The molecule has 0 saturated heterocycles. The number of nitro benzene ring substituents is 1. The summed E-state index contributed by atoms with van der Waals surface area (Å²) in [5, 5.41) is 12.8. The zero-order valence-corrected chi connectivity index (χ0v) is 12.0. The van der Waals surface area contributed by atoms with Gasteiger partial charge in [-0.1, -0.05) is 0 Å². The maximum atomic E-state index is 13.5. The van der Waals surface area contributed by atoms with Crippen molar-refractivity contribution in [2.75, 3.05) is 5.32 Å². The van der Waals surface area contributed by atoms with Gasteiger partial charge in [0.05, 0.1) is 10.6 Å². The molecule has 120 valence electrons. The van der Waals surface area contributed by atoms with E-state index in [4.69, 9.17) is 4.74 Å². The maximum absolute atomic E-state index is 13.5. The molecule has 1 N–H and O–H groups in total. The number of nitrogens with zero attached hydrogens (tertiary/aromatic N) is 1. The number of anilines is 1. The lowest BCUT2D eigenvalue weighted by atomic mass is 10.2. The summed E-state index contributed by atoms with van der Waals surface area (Å²) in [4.78, 5) is 21.9. The predicted molar refractivity (Wildman–Crippen MR) is 78.2 cm³/mol. The number of ether oxygens (including phenoxy) is 1. The largest absolute Gasteiger partial charge is 0.481 e. The fourth-order valence-corrected chi connectivity index (χ4v) is 1.73. The van der Waals surface area contributed by atoms with Gasteiger partial charge in [-0.2, -0.15) is 0 Å². The van der Waals surface area contributed by atoms with Crippen molar-refractivity contribution in [3.05, 3.63) is 64.2 Å². The highest BCUT2D eigenvalue weighted by Crippen LogP contribution is 2.19. The van der Waals surface area contributed by atoms with E-state index in [1.807, 2.05) is 0 Å². The van der Waals surface area contributed by atoms with Gasteiger partial charge in [-0.3, -0.25) is 14.9 Å². The first kappa shape index (κ1) is 16.3. The van der Waals surface area contributed by atoms with Crippen LogP contribution in [0, 0.1) is 21.7 Å². The molecule has 0 saturated carbocycles. The average molecular weight is 322 g/mol. The van der Waals surface area contributed by atoms with Crippen molar-refractivity contribution in [2.45, 2.75) is 13.0 Å². The Labute approximate surface area is 129 Å². The van der Waals surface area contributed by atoms with Crippen LogP contribution in [0.1, 0.15) is 6.92 Å². The van der Waals surface area contributed by atoms with Crippen LogP contribution in [-0.4, -0.2) is 16.9 Å². The molecule has 2 aromatic rings. The summed E-state index contributed by atoms with van der Waals surface area (Å²) in [7, 11) is 0. The number of hydrogen-bond acceptors (Lipinski definition) is 4. The quantitative estimate of drug-likeness (QED) is 0.676. The third-order valence-electron chi connectivity index (χ3n) is 2.92. The van der Waals surface area contributed by atoms with E-state index in [0.717, 1.165) is 12.1 Å². The Morgan fingerprint density at radius 1 is 1.22 bits per heavy atom. The standard InChI is InChI=1S/C15H12F2N2O4/c1-9(23-12-5-3-11(4-6-12)19(21)22)15(20)18-14-7-2-10(16)8-13(14)17/h2-9H,1H3,(H,18,20). The number of nitrogens with one attached hydrogen (secondary N) is 1. The lowest BCUT2D eigenvalue weighted by molar-refractivity contribution is -0.384. The summed E-state index contributed by atoms with van der Waals surface area (Å²) < 4.78 is 31.6. The zero-order valence-electron chi connectivity index (χ0n) is 12.0. The Balaban J connectivity index is 2.00. The van der Waals surface area contributed by atoms with Crippen LogP contribution in [0.4, 0.5) is 20.2 Å². The minimum absolute atomic E-state index is 0.108. The lowest BCUT2D eigenvalue weighted by Crippen LogP contribution is -2.30. The second-order valence-corrected chi connectivity index (χ2v) is 4.62. The summed E-state index contributed by atoms with van der Waals surface area (Å²) in [6.45, 7) is 1.43. The highest BCUT2D eigenvalue weighted by Gasteiger charge is 2.17. The minimum atomic E-state index is -0.985. The molecular weight excluding hydrogens is 310 g/mol. The van der Waals surface area contributed by atoms with Gasteiger partial charge in [-0.15, -0.1) is 0 Å². The zero-order chi connectivity index (χ0) is 17.0. The smallest absolute Gasteiger partial charge is 0.269 e. The first-order valence-corrected chi connectivity index (χ1v) is 6.54. The molecule has 0 aromatic heterocycles. The fraction of sp³-hybridized carbons (Fsp3) is 0.133. The number of halogens is 2. The van der Waals surface area contributed by atoms with Crippen LogP contribution >= 0.6 is 0 Å². The normalized spacial score (nSPS) is 11.6. The van der Waals surface area contributed by atoms with Gasteiger partial charge in [-0.25, -0.2) is 8.78 Å². The summed E-state index contributed by atoms with van der Waals surface area (Å²) in [5.74, 6) is -2.05. The van der Waals surface area contributed by atoms with Gasteiger partial charge >= 0.3 is 0 Å². The molecule has 0 fully saturated rings. The van der Waals surface area contributed by atoms with E-state index in [1.165, 1.54) is 31.2 Å². The molecule has 0 radical (unpaired) electrons. The van der Waals surface area contributed by atoms with Crippen LogP contribution in [0.3, 0.4) is 0 Å². The third-order valence-corrected chi connectivity index (χ3v) is 2.92. The Morgan fingerprint density at radius 2 is 1.87 bits per heavy atom. The van der Waals surface area contributed by atoms with Gasteiger partial charge in [0.25, 0.3) is 11.6 Å². The Kier molecular flexibility index (Phi) is 4.85. The van der Waals surface area contributed by atoms with Crippen molar-refractivity contribution in [3.63, 3.8) is 0 Å². The molecule has 1 amide bonds. The van der Waals surface area contributed by atoms with Crippen LogP contribution in [0.25, 0.3) is 0 Å². The van der Waals surface area contributed by atoms with E-state index in [0.29, 0.717) is 6.07 Å². The fourth-order valence-electron chi connectivity index (χ4n) is 1.73. The monoisotopic (exact) mass is 322 g/mol. The van der Waals surface area contributed by atoms with Crippen molar-refractivity contribution < 1.29 is 23.2 Å². The van der Waals surface area contributed by atoms with Gasteiger partial charge in [-0.05, 0) is 31.2 Å². The van der Waals surface area contributed by atoms with Crippen molar-refractivity contribution in [1.29, 1.82) is 0 Å². The molecule has 8 heteroatoms. The summed E-state index contributed by atoms with van der Waals surface area (Å²) in [5.41, 5.74) is -0.279. The number of nitro groups is 1. The third kappa shape index (κ3) is 4.22. The summed E-state index contributed by atoms with van der Waals surface area (Å²) in [6, 6.07) is 7.93. The molecule has 2 rings (SSSR count). The van der Waals surface area contributed by atoms with Crippen LogP contribution in [0.5, 0.6) is 5.75 Å². The Bertz CT molecular complexity index is 735. The molecule has 0 aliphatic rings. The van der Waals surface area contributed by atoms with Crippen LogP contribution < -0.4 is 10.1 Å².